The van der Waals surface area contributed by atoms with Crippen LogP contribution in [0.4, 0.5) is 0 Å². The van der Waals surface area contributed by atoms with Gasteiger partial charge in [-0.25, -0.2) is 5.43 Å². The van der Waals surface area contributed by atoms with E-state index in [1.165, 1.54) is 141 Å². The van der Waals surface area contributed by atoms with Gasteiger partial charge in [0.15, 0.2) is 0 Å². The smallest absolute Gasteiger partial charge is 0.0113 e. The summed E-state index contributed by atoms with van der Waals surface area (Å²) in [7, 11) is 0. The first kappa shape index (κ1) is 29.8. The molecule has 6 nitrogen and oxygen atoms in total. The lowest BCUT2D eigenvalue weighted by molar-refractivity contribution is 0.326. The van der Waals surface area contributed by atoms with E-state index in [0.717, 1.165) is 6.54 Å². The molecule has 6 heteroatoms. The Morgan fingerprint density at radius 1 is 0.400 bits per heavy atom. The first-order chi connectivity index (χ1) is 14.9. The number of rotatable bonds is 27. The molecule has 0 unspecified atom stereocenters. The van der Waals surface area contributed by atoms with Crippen LogP contribution in [0.15, 0.2) is 0 Å². The Morgan fingerprint density at radius 2 is 0.733 bits per heavy atom. The van der Waals surface area contributed by atoms with Crippen molar-refractivity contribution in [3.05, 3.63) is 0 Å². The number of nitrogens with two attached hydrogens (primary N) is 1. The Morgan fingerprint density at radius 3 is 1.07 bits per heavy atom. The van der Waals surface area contributed by atoms with Gasteiger partial charge in [0, 0.05) is 6.54 Å². The molecular weight excluding hydrogens is 372 g/mol. The monoisotopic (exact) mass is 428 g/mol. The normalized spacial score (nSPS) is 11.4. The van der Waals surface area contributed by atoms with Crippen LogP contribution < -0.4 is 33.4 Å². The molecule has 0 aliphatic carbocycles. The van der Waals surface area contributed by atoms with Crippen LogP contribution in [0.5, 0.6) is 0 Å². The van der Waals surface area contributed by atoms with Crippen molar-refractivity contribution in [2.75, 3.05) is 6.54 Å². The highest BCUT2D eigenvalue weighted by Crippen LogP contribution is 2.15. The van der Waals surface area contributed by atoms with E-state index in [1.807, 2.05) is 0 Å². The van der Waals surface area contributed by atoms with Gasteiger partial charge >= 0.3 is 0 Å². The second-order valence-corrected chi connectivity index (χ2v) is 8.87. The molecule has 0 aliphatic rings. The topological polar surface area (TPSA) is 86.2 Å². The zero-order chi connectivity index (χ0) is 21.8. The maximum absolute atomic E-state index is 5.04. The molecule has 0 fully saturated rings. The van der Waals surface area contributed by atoms with E-state index >= 15 is 0 Å². The van der Waals surface area contributed by atoms with Crippen LogP contribution in [0.3, 0.4) is 0 Å². The highest BCUT2D eigenvalue weighted by atomic mass is 15.8. The third kappa shape index (κ3) is 27.8. The third-order valence-corrected chi connectivity index (χ3v) is 5.94. The fourth-order valence-corrected chi connectivity index (χ4v) is 4.00. The van der Waals surface area contributed by atoms with Crippen LogP contribution in [0, 0.1) is 0 Å². The number of hydrogen-bond acceptors (Lipinski definition) is 6. The molecule has 0 saturated heterocycles. The third-order valence-electron chi connectivity index (χ3n) is 5.94. The van der Waals surface area contributed by atoms with Crippen LogP contribution in [0.25, 0.3) is 0 Å². The molecule has 0 atom stereocenters. The quantitative estimate of drug-likeness (QED) is 0.0541. The van der Waals surface area contributed by atoms with Gasteiger partial charge < -0.3 is 0 Å². The van der Waals surface area contributed by atoms with Crippen LogP contribution in [0.1, 0.15) is 148 Å². The SMILES string of the molecule is CCCCCCCCCCCCCCCCCCCCCCCCNNNNNN. The average molecular weight is 429 g/mol. The van der Waals surface area contributed by atoms with Gasteiger partial charge in [-0.15, -0.1) is 0 Å². The Balaban J connectivity index is 2.97. The van der Waals surface area contributed by atoms with Crippen LogP contribution in [0.2, 0.25) is 0 Å². The summed E-state index contributed by atoms with van der Waals surface area (Å²) in [6, 6.07) is 0. The first-order valence-corrected chi connectivity index (χ1v) is 13.3. The molecule has 0 aliphatic heterocycles. The van der Waals surface area contributed by atoms with E-state index in [1.54, 1.807) is 0 Å². The molecular formula is C24H56N6. The Kier molecular flexibility index (Phi) is 28.5. The molecule has 0 spiro atoms. The van der Waals surface area contributed by atoms with E-state index in [2.05, 4.69) is 34.5 Å². The molecule has 0 aromatic carbocycles. The van der Waals surface area contributed by atoms with Gasteiger partial charge in [0.25, 0.3) is 0 Å². The average Bonchev–Trinajstić information content (AvgIpc) is 2.76. The van der Waals surface area contributed by atoms with Crippen molar-refractivity contribution in [2.45, 2.75) is 148 Å². The van der Waals surface area contributed by atoms with E-state index < -0.39 is 0 Å². The van der Waals surface area contributed by atoms with E-state index in [4.69, 9.17) is 5.84 Å². The Labute approximate surface area is 188 Å². The fraction of sp³-hybridized carbons (Fsp3) is 1.00. The Hall–Kier alpha value is -0.240. The lowest BCUT2D eigenvalue weighted by Gasteiger charge is -2.08. The van der Waals surface area contributed by atoms with Crippen LogP contribution in [-0.4, -0.2) is 6.54 Å². The summed E-state index contributed by atoms with van der Waals surface area (Å²) in [5.41, 5.74) is 13.3. The number of nitrogens with one attached hydrogen (secondary N) is 5. The van der Waals surface area contributed by atoms with E-state index in [9.17, 15) is 0 Å². The summed E-state index contributed by atoms with van der Waals surface area (Å²) in [6.07, 6.45) is 31.4. The van der Waals surface area contributed by atoms with Gasteiger partial charge in [0.1, 0.15) is 0 Å². The van der Waals surface area contributed by atoms with Crippen molar-refractivity contribution in [2.24, 2.45) is 5.84 Å². The van der Waals surface area contributed by atoms with Crippen LogP contribution in [-0.2, 0) is 0 Å². The number of hydrogen-bond donors (Lipinski definition) is 6. The van der Waals surface area contributed by atoms with Crippen molar-refractivity contribution in [1.82, 2.24) is 27.6 Å². The van der Waals surface area contributed by atoms with Gasteiger partial charge in [-0.2, -0.15) is 22.1 Å². The molecule has 0 rings (SSSR count). The predicted molar refractivity (Wildman–Crippen MR) is 132 cm³/mol. The molecule has 0 saturated carbocycles. The summed E-state index contributed by atoms with van der Waals surface area (Å²) < 4.78 is 0. The second-order valence-electron chi connectivity index (χ2n) is 8.87. The van der Waals surface area contributed by atoms with Crippen molar-refractivity contribution in [3.63, 3.8) is 0 Å². The van der Waals surface area contributed by atoms with Gasteiger partial charge in [-0.3, -0.25) is 5.84 Å². The molecule has 0 bridgehead atoms. The highest BCUT2D eigenvalue weighted by Gasteiger charge is 1.96. The lowest BCUT2D eigenvalue weighted by atomic mass is 10.0. The minimum absolute atomic E-state index is 0.957. The zero-order valence-electron chi connectivity index (χ0n) is 20.3. The lowest BCUT2D eigenvalue weighted by Crippen LogP contribution is -2.57. The number of hydrazine groups is 5. The van der Waals surface area contributed by atoms with E-state index in [-0.39, 0.29) is 0 Å². The maximum atomic E-state index is 5.04. The molecule has 0 aromatic rings. The summed E-state index contributed by atoms with van der Waals surface area (Å²) in [6.45, 7) is 3.25. The van der Waals surface area contributed by atoms with Crippen molar-refractivity contribution >= 4 is 0 Å². The largest absolute Gasteiger partial charge is 0.257 e. The van der Waals surface area contributed by atoms with Gasteiger partial charge in [0.05, 0.1) is 0 Å². The molecule has 0 aromatic heterocycles. The first-order valence-electron chi connectivity index (χ1n) is 13.3. The maximum Gasteiger partial charge on any atom is 0.0113 e. The summed E-state index contributed by atoms with van der Waals surface area (Å²) in [5, 5.41) is 0. The molecule has 30 heavy (non-hydrogen) atoms. The van der Waals surface area contributed by atoms with Crippen LogP contribution >= 0.6 is 0 Å². The molecule has 7 N–H and O–H groups in total. The number of unbranched alkanes of at least 4 members (excludes halogenated alkanes) is 21. The second kappa shape index (κ2) is 28.8. The standard InChI is InChI=1S/C24H56N6/c1-2-3-4-5-6-7-8-9-10-11-12-13-14-15-16-17-18-19-20-21-22-23-24-26-28-30-29-27-25/h26-30H,2-25H2,1H3. The minimum Gasteiger partial charge on any atom is -0.257 e. The predicted octanol–water partition coefficient (Wildman–Crippen LogP) is 6.07. The molecule has 0 radical (unpaired) electrons. The Bertz CT molecular complexity index is 263. The fourth-order valence-electron chi connectivity index (χ4n) is 4.00. The molecule has 0 amide bonds. The van der Waals surface area contributed by atoms with Crippen molar-refractivity contribution < 1.29 is 0 Å². The van der Waals surface area contributed by atoms with Gasteiger partial charge in [-0.05, 0) is 6.42 Å². The van der Waals surface area contributed by atoms with Crippen molar-refractivity contribution in [1.29, 1.82) is 0 Å². The summed E-state index contributed by atoms with van der Waals surface area (Å²) in [5.74, 6) is 5.04. The minimum atomic E-state index is 0.957. The van der Waals surface area contributed by atoms with Gasteiger partial charge in [-0.1, -0.05) is 142 Å². The molecule has 182 valence electrons. The van der Waals surface area contributed by atoms with E-state index in [0.29, 0.717) is 0 Å². The zero-order valence-corrected chi connectivity index (χ0v) is 20.3. The molecule has 0 heterocycles. The van der Waals surface area contributed by atoms with Crippen molar-refractivity contribution in [3.8, 4) is 0 Å². The van der Waals surface area contributed by atoms with Gasteiger partial charge in [0.2, 0.25) is 0 Å². The highest BCUT2D eigenvalue weighted by molar-refractivity contribution is 4.51. The summed E-state index contributed by atoms with van der Waals surface area (Å²) >= 11 is 0. The summed E-state index contributed by atoms with van der Waals surface area (Å²) in [4.78, 5) is 0.